The van der Waals surface area contributed by atoms with Crippen LogP contribution in [0.15, 0.2) is 30.3 Å². The second-order valence-electron chi connectivity index (χ2n) is 7.30. The monoisotopic (exact) mass is 418 g/mol. The Balaban J connectivity index is 2.16. The molecule has 1 fully saturated rings. The minimum atomic E-state index is -1.15. The molecule has 1 aliphatic heterocycles. The summed E-state index contributed by atoms with van der Waals surface area (Å²) in [4.78, 5) is 52.9. The first-order valence-corrected chi connectivity index (χ1v) is 10.1. The number of carbonyl (C=O) groups is 4. The van der Waals surface area contributed by atoms with Crippen LogP contribution in [0.1, 0.15) is 39.2 Å². The molecule has 0 bridgehead atoms. The van der Waals surface area contributed by atoms with Crippen molar-refractivity contribution in [3.05, 3.63) is 35.9 Å². The van der Waals surface area contributed by atoms with Gasteiger partial charge in [0.05, 0.1) is 6.04 Å². The van der Waals surface area contributed by atoms with Gasteiger partial charge in [0.1, 0.15) is 18.7 Å². The van der Waals surface area contributed by atoms with Gasteiger partial charge in [0.15, 0.2) is 0 Å². The van der Waals surface area contributed by atoms with E-state index in [-0.39, 0.29) is 12.5 Å². The molecule has 1 heterocycles. The van der Waals surface area contributed by atoms with Crippen molar-refractivity contribution in [2.75, 3.05) is 13.1 Å². The van der Waals surface area contributed by atoms with Gasteiger partial charge in [0, 0.05) is 13.1 Å². The van der Waals surface area contributed by atoms with Gasteiger partial charge in [-0.2, -0.15) is 0 Å². The van der Waals surface area contributed by atoms with Crippen LogP contribution in [0.3, 0.4) is 0 Å². The Labute approximate surface area is 176 Å². The zero-order chi connectivity index (χ0) is 22.3. The molecule has 0 aliphatic carbocycles. The quantitative estimate of drug-likeness (QED) is 0.682. The number of hydrogen-bond donors (Lipinski definition) is 2. The Bertz CT molecular complexity index is 768. The summed E-state index contributed by atoms with van der Waals surface area (Å²) in [6.07, 6.45) is 0.250. The maximum atomic E-state index is 13.1. The first-order valence-electron chi connectivity index (χ1n) is 10.1. The smallest absolute Gasteiger partial charge is 0.417 e. The van der Waals surface area contributed by atoms with Crippen molar-refractivity contribution in [1.29, 1.82) is 0 Å². The van der Waals surface area contributed by atoms with Gasteiger partial charge in [-0.3, -0.25) is 14.4 Å². The average Bonchev–Trinajstić information content (AvgIpc) is 3.22. The lowest BCUT2D eigenvalue weighted by Crippen LogP contribution is -2.57. The number of benzene rings is 1. The molecule has 2 rings (SSSR count). The van der Waals surface area contributed by atoms with Crippen LogP contribution in [0, 0.1) is 0 Å². The van der Waals surface area contributed by atoms with Crippen molar-refractivity contribution in [2.45, 2.75) is 58.3 Å². The molecule has 3 N–H and O–H groups in total. The summed E-state index contributed by atoms with van der Waals surface area (Å²) in [5, 5.41) is 2.72. The predicted octanol–water partition coefficient (Wildman–Crippen LogP) is 1.01. The van der Waals surface area contributed by atoms with E-state index >= 15 is 0 Å². The zero-order valence-electron chi connectivity index (χ0n) is 17.7. The van der Waals surface area contributed by atoms with Crippen LogP contribution in [0.4, 0.5) is 4.79 Å². The van der Waals surface area contributed by atoms with Gasteiger partial charge in [0.2, 0.25) is 17.7 Å². The summed E-state index contributed by atoms with van der Waals surface area (Å²) in [6.45, 7) is 5.46. The summed E-state index contributed by atoms with van der Waals surface area (Å²) < 4.78 is 5.27. The largest absolute Gasteiger partial charge is 0.444 e. The van der Waals surface area contributed by atoms with Crippen LogP contribution in [-0.4, -0.2) is 64.8 Å². The van der Waals surface area contributed by atoms with E-state index in [0.717, 1.165) is 10.5 Å². The van der Waals surface area contributed by atoms with Crippen LogP contribution in [0.2, 0.25) is 0 Å². The van der Waals surface area contributed by atoms with E-state index in [1.807, 2.05) is 6.07 Å². The number of likely N-dealkylation sites (N-methyl/N-ethyl adjacent to an activating group) is 1. The Morgan fingerprint density at radius 2 is 1.90 bits per heavy atom. The molecule has 1 aromatic rings. The molecule has 1 saturated heterocycles. The molecule has 30 heavy (non-hydrogen) atoms. The van der Waals surface area contributed by atoms with Crippen LogP contribution < -0.4 is 11.1 Å². The lowest BCUT2D eigenvalue weighted by molar-refractivity contribution is -0.146. The third-order valence-corrected chi connectivity index (χ3v) is 4.96. The van der Waals surface area contributed by atoms with E-state index in [0.29, 0.717) is 25.9 Å². The summed E-state index contributed by atoms with van der Waals surface area (Å²) in [5.41, 5.74) is 6.44. The van der Waals surface area contributed by atoms with Gasteiger partial charge in [-0.15, -0.1) is 0 Å². The second kappa shape index (κ2) is 10.7. The third kappa shape index (κ3) is 5.56. The highest BCUT2D eigenvalue weighted by atomic mass is 16.6. The molecule has 0 aromatic heterocycles. The van der Waals surface area contributed by atoms with Crippen LogP contribution in [-0.2, 0) is 25.7 Å². The van der Waals surface area contributed by atoms with E-state index in [2.05, 4.69) is 5.32 Å². The highest BCUT2D eigenvalue weighted by Crippen LogP contribution is 2.21. The number of carbonyl (C=O) groups excluding carboxylic acids is 4. The third-order valence-electron chi connectivity index (χ3n) is 4.96. The maximum absolute atomic E-state index is 13.1. The highest BCUT2D eigenvalue weighted by molar-refractivity contribution is 6.00. The maximum Gasteiger partial charge on any atom is 0.417 e. The van der Waals surface area contributed by atoms with Crippen molar-refractivity contribution >= 4 is 23.8 Å². The van der Waals surface area contributed by atoms with Gasteiger partial charge in [-0.05, 0) is 39.2 Å². The van der Waals surface area contributed by atoms with E-state index in [1.54, 1.807) is 31.2 Å². The van der Waals surface area contributed by atoms with Crippen LogP contribution in [0.25, 0.3) is 0 Å². The molecule has 0 spiro atoms. The van der Waals surface area contributed by atoms with Crippen molar-refractivity contribution in [3.63, 3.8) is 0 Å². The standard InChI is InChI=1S/C21H30N4O5/c1-4-23-18(26)17-11-8-12-24(17)20(28)15(3)25(19(27)14(2)22)21(29)30-13-16-9-6-5-7-10-16/h5-7,9-10,14-15,17H,4,8,11-13,22H2,1-3H3,(H,23,26)/t14-,15-,17-/m0/s1. The van der Waals surface area contributed by atoms with Crippen LogP contribution >= 0.6 is 0 Å². The summed E-state index contributed by atoms with van der Waals surface area (Å²) in [7, 11) is 0. The topological polar surface area (TPSA) is 122 Å². The average molecular weight is 418 g/mol. The lowest BCUT2D eigenvalue weighted by Gasteiger charge is -2.32. The van der Waals surface area contributed by atoms with Gasteiger partial charge in [-0.25, -0.2) is 9.69 Å². The summed E-state index contributed by atoms with van der Waals surface area (Å²) >= 11 is 0. The van der Waals surface area contributed by atoms with Crippen molar-refractivity contribution in [2.24, 2.45) is 5.73 Å². The minimum absolute atomic E-state index is 0.0471. The molecule has 4 amide bonds. The number of amides is 4. The highest BCUT2D eigenvalue weighted by Gasteiger charge is 2.41. The van der Waals surface area contributed by atoms with E-state index in [9.17, 15) is 19.2 Å². The SMILES string of the molecule is CCNC(=O)[C@@H]1CCCN1C(=O)[C@H](C)N(C(=O)OCc1ccccc1)C(=O)[C@H](C)N. The summed E-state index contributed by atoms with van der Waals surface area (Å²) in [5.74, 6) is -1.45. The first-order chi connectivity index (χ1) is 14.3. The van der Waals surface area contributed by atoms with Gasteiger partial charge >= 0.3 is 6.09 Å². The summed E-state index contributed by atoms with van der Waals surface area (Å²) in [6, 6.07) is 6.22. The predicted molar refractivity (Wildman–Crippen MR) is 110 cm³/mol. The number of ether oxygens (including phenoxy) is 1. The lowest BCUT2D eigenvalue weighted by atomic mass is 10.1. The van der Waals surface area contributed by atoms with E-state index < -0.39 is 36.0 Å². The molecule has 9 heteroatoms. The Kier molecular flexibility index (Phi) is 8.35. The number of nitrogens with two attached hydrogens (primary N) is 1. The Morgan fingerprint density at radius 1 is 1.23 bits per heavy atom. The molecule has 0 unspecified atom stereocenters. The first kappa shape index (κ1) is 23.3. The molecule has 164 valence electrons. The fraction of sp³-hybridized carbons (Fsp3) is 0.524. The van der Waals surface area contributed by atoms with Gasteiger partial charge < -0.3 is 20.7 Å². The fourth-order valence-corrected chi connectivity index (χ4v) is 3.39. The van der Waals surface area contributed by atoms with Gasteiger partial charge in [0.25, 0.3) is 0 Å². The second-order valence-corrected chi connectivity index (χ2v) is 7.30. The number of hydrogen-bond acceptors (Lipinski definition) is 6. The van der Waals surface area contributed by atoms with Crippen molar-refractivity contribution < 1.29 is 23.9 Å². The molecule has 0 saturated carbocycles. The van der Waals surface area contributed by atoms with Crippen molar-refractivity contribution in [3.8, 4) is 0 Å². The molecule has 3 atom stereocenters. The fourth-order valence-electron chi connectivity index (χ4n) is 3.39. The zero-order valence-corrected chi connectivity index (χ0v) is 17.7. The van der Waals surface area contributed by atoms with Crippen molar-refractivity contribution in [1.82, 2.24) is 15.1 Å². The van der Waals surface area contributed by atoms with E-state index in [4.69, 9.17) is 10.5 Å². The van der Waals surface area contributed by atoms with Gasteiger partial charge in [-0.1, -0.05) is 30.3 Å². The Morgan fingerprint density at radius 3 is 2.50 bits per heavy atom. The molecular formula is C21H30N4O5. The van der Waals surface area contributed by atoms with Crippen LogP contribution in [0.5, 0.6) is 0 Å². The minimum Gasteiger partial charge on any atom is -0.444 e. The molecule has 1 aromatic carbocycles. The normalized spacial score (nSPS) is 17.7. The Hall–Kier alpha value is -2.94. The number of imide groups is 1. The molecule has 1 aliphatic rings. The van der Waals surface area contributed by atoms with E-state index in [1.165, 1.54) is 18.7 Å². The number of nitrogens with one attached hydrogen (secondary N) is 1. The molecule has 9 nitrogen and oxygen atoms in total. The molecular weight excluding hydrogens is 388 g/mol. The number of rotatable bonds is 7. The number of nitrogens with zero attached hydrogens (tertiary/aromatic N) is 2. The number of likely N-dealkylation sites (tertiary alicyclic amines) is 1. The molecule has 0 radical (unpaired) electrons.